The zero-order chi connectivity index (χ0) is 23.8. The summed E-state index contributed by atoms with van der Waals surface area (Å²) < 4.78 is 52.1. The van der Waals surface area contributed by atoms with Crippen LogP contribution in [0.3, 0.4) is 0 Å². The zero-order valence-corrected chi connectivity index (χ0v) is 17.9. The van der Waals surface area contributed by atoms with Crippen molar-refractivity contribution in [2.24, 2.45) is 5.92 Å². The van der Waals surface area contributed by atoms with E-state index in [0.717, 1.165) is 6.08 Å². The highest BCUT2D eigenvalue weighted by molar-refractivity contribution is 5.97. The number of aromatic hydroxyl groups is 1. The molecule has 174 valence electrons. The van der Waals surface area contributed by atoms with Crippen LogP contribution >= 0.6 is 0 Å². The Balaban J connectivity index is 2.72. The topological polar surface area (TPSA) is 107 Å². The third-order valence-electron chi connectivity index (χ3n) is 4.16. The molecule has 0 aliphatic rings. The molecule has 0 aromatic carbocycles. The van der Waals surface area contributed by atoms with E-state index in [1.807, 2.05) is 0 Å². The van der Waals surface area contributed by atoms with Crippen LogP contribution in [0.15, 0.2) is 24.4 Å². The van der Waals surface area contributed by atoms with E-state index in [2.05, 4.69) is 10.3 Å². The van der Waals surface area contributed by atoms with Crippen molar-refractivity contribution in [3.63, 3.8) is 0 Å². The molecule has 0 aliphatic heterocycles. The van der Waals surface area contributed by atoms with Gasteiger partial charge in [-0.2, -0.15) is 13.2 Å². The number of pyridine rings is 1. The monoisotopic (exact) mass is 448 g/mol. The Morgan fingerprint density at radius 3 is 2.45 bits per heavy atom. The summed E-state index contributed by atoms with van der Waals surface area (Å²) in [4.78, 5) is 28.5. The molecular formula is C20H27F3N2O6. The minimum Gasteiger partial charge on any atom is -0.503 e. The van der Waals surface area contributed by atoms with Crippen LogP contribution in [0.4, 0.5) is 13.2 Å². The molecule has 1 aromatic heterocycles. The second kappa shape index (κ2) is 11.5. The lowest BCUT2D eigenvalue weighted by Crippen LogP contribution is -2.44. The Kier molecular flexibility index (Phi) is 9.76. The number of nitrogens with zero attached hydrogens (tertiary/aromatic N) is 1. The molecule has 0 radical (unpaired) electrons. The van der Waals surface area contributed by atoms with E-state index < -0.39 is 42.1 Å². The van der Waals surface area contributed by atoms with E-state index in [-0.39, 0.29) is 30.0 Å². The van der Waals surface area contributed by atoms with E-state index in [1.54, 1.807) is 20.8 Å². The van der Waals surface area contributed by atoms with Gasteiger partial charge in [-0.1, -0.05) is 19.9 Å². The lowest BCUT2D eigenvalue weighted by Gasteiger charge is -2.28. The van der Waals surface area contributed by atoms with Crippen LogP contribution in [-0.2, 0) is 14.3 Å². The average molecular weight is 448 g/mol. The summed E-state index contributed by atoms with van der Waals surface area (Å²) in [5, 5.41) is 12.4. The van der Waals surface area contributed by atoms with E-state index in [4.69, 9.17) is 14.2 Å². The minimum atomic E-state index is -4.43. The first-order chi connectivity index (χ1) is 14.4. The number of amides is 1. The van der Waals surface area contributed by atoms with Crippen molar-refractivity contribution in [3.8, 4) is 11.5 Å². The van der Waals surface area contributed by atoms with Gasteiger partial charge in [0.1, 0.15) is 12.1 Å². The molecule has 8 nitrogen and oxygen atoms in total. The first-order valence-electron chi connectivity index (χ1n) is 9.46. The average Bonchev–Trinajstić information content (AvgIpc) is 2.67. The number of methoxy groups -OCH3 is 1. The van der Waals surface area contributed by atoms with Crippen LogP contribution in [0.2, 0.25) is 0 Å². The number of ether oxygens (including phenoxy) is 3. The van der Waals surface area contributed by atoms with Gasteiger partial charge in [-0.05, 0) is 19.8 Å². The molecule has 0 bridgehead atoms. The first kappa shape index (κ1) is 26.2. The van der Waals surface area contributed by atoms with Crippen molar-refractivity contribution in [1.82, 2.24) is 10.3 Å². The largest absolute Gasteiger partial charge is 0.503 e. The van der Waals surface area contributed by atoms with Gasteiger partial charge in [0.25, 0.3) is 5.91 Å². The van der Waals surface area contributed by atoms with Gasteiger partial charge in [-0.3, -0.25) is 4.79 Å². The zero-order valence-electron chi connectivity index (χ0n) is 17.9. The molecule has 3 atom stereocenters. The van der Waals surface area contributed by atoms with Gasteiger partial charge in [-0.15, -0.1) is 0 Å². The number of hydrogen-bond acceptors (Lipinski definition) is 7. The molecular weight excluding hydrogens is 421 g/mol. The molecule has 0 fully saturated rings. The molecule has 0 spiro atoms. The third kappa shape index (κ3) is 8.44. The number of allylic oxidation sites excluding steroid dienone is 1. The van der Waals surface area contributed by atoms with Crippen molar-refractivity contribution >= 4 is 11.9 Å². The summed E-state index contributed by atoms with van der Waals surface area (Å²) in [7, 11) is 1.31. The number of rotatable bonds is 10. The molecule has 1 amide bonds. The SMILES string of the molecule is COc1ccnc(C(=O)N[C@@H](C)C(=O)O[C@H](C(C)C)[C@H](C)OC/C=C/C(F)(F)F)c1O. The van der Waals surface area contributed by atoms with Gasteiger partial charge in [0.05, 0.1) is 19.8 Å². The van der Waals surface area contributed by atoms with Gasteiger partial charge in [0.2, 0.25) is 0 Å². The fourth-order valence-corrected chi connectivity index (χ4v) is 2.59. The van der Waals surface area contributed by atoms with Gasteiger partial charge in [0, 0.05) is 18.3 Å². The number of hydrogen-bond donors (Lipinski definition) is 2. The Hall–Kier alpha value is -2.82. The molecule has 0 saturated carbocycles. The Labute approximate surface area is 178 Å². The number of halogens is 3. The maximum atomic E-state index is 12.4. The molecule has 2 N–H and O–H groups in total. The molecule has 11 heteroatoms. The number of carbonyl (C=O) groups excluding carboxylic acids is 2. The first-order valence-corrected chi connectivity index (χ1v) is 9.46. The van der Waals surface area contributed by atoms with Crippen LogP contribution in [0.25, 0.3) is 0 Å². The number of esters is 1. The highest BCUT2D eigenvalue weighted by Gasteiger charge is 2.29. The van der Waals surface area contributed by atoms with Crippen LogP contribution in [0, 0.1) is 5.92 Å². The van der Waals surface area contributed by atoms with Gasteiger partial charge in [0.15, 0.2) is 17.2 Å². The van der Waals surface area contributed by atoms with Crippen LogP contribution < -0.4 is 10.1 Å². The molecule has 1 heterocycles. The smallest absolute Gasteiger partial charge is 0.409 e. The number of alkyl halides is 3. The van der Waals surface area contributed by atoms with Crippen molar-refractivity contribution in [2.45, 2.75) is 52.1 Å². The lowest BCUT2D eigenvalue weighted by atomic mass is 10.0. The van der Waals surface area contributed by atoms with Crippen molar-refractivity contribution in [2.75, 3.05) is 13.7 Å². The quantitative estimate of drug-likeness (QED) is 0.419. The molecule has 0 unspecified atom stereocenters. The summed E-state index contributed by atoms with van der Waals surface area (Å²) in [5.41, 5.74) is -0.326. The van der Waals surface area contributed by atoms with Gasteiger partial charge >= 0.3 is 12.1 Å². The lowest BCUT2D eigenvalue weighted by molar-refractivity contribution is -0.162. The maximum absolute atomic E-state index is 12.4. The molecule has 0 aliphatic carbocycles. The summed E-state index contributed by atoms with van der Waals surface area (Å²) in [5.74, 6) is -2.24. The van der Waals surface area contributed by atoms with E-state index >= 15 is 0 Å². The predicted octanol–water partition coefficient (Wildman–Crippen LogP) is 3.01. The molecule has 1 aromatic rings. The van der Waals surface area contributed by atoms with Crippen LogP contribution in [0.1, 0.15) is 38.2 Å². The van der Waals surface area contributed by atoms with Gasteiger partial charge in [-0.25, -0.2) is 9.78 Å². The minimum absolute atomic E-state index is 0.0424. The van der Waals surface area contributed by atoms with Crippen LogP contribution in [0.5, 0.6) is 11.5 Å². The van der Waals surface area contributed by atoms with E-state index in [0.29, 0.717) is 0 Å². The third-order valence-corrected chi connectivity index (χ3v) is 4.16. The molecule has 0 saturated heterocycles. The van der Waals surface area contributed by atoms with Crippen LogP contribution in [-0.4, -0.2) is 60.1 Å². The van der Waals surface area contributed by atoms with Gasteiger partial charge < -0.3 is 24.6 Å². The molecule has 31 heavy (non-hydrogen) atoms. The van der Waals surface area contributed by atoms with E-state index in [9.17, 15) is 27.9 Å². The molecule has 1 rings (SSSR count). The highest BCUT2D eigenvalue weighted by atomic mass is 19.4. The Morgan fingerprint density at radius 1 is 1.26 bits per heavy atom. The maximum Gasteiger partial charge on any atom is 0.409 e. The summed E-state index contributed by atoms with van der Waals surface area (Å²) in [6, 6.07) is 0.265. The fraction of sp³-hybridized carbons (Fsp3) is 0.550. The van der Waals surface area contributed by atoms with Crippen molar-refractivity contribution in [3.05, 3.63) is 30.1 Å². The summed E-state index contributed by atoms with van der Waals surface area (Å²) >= 11 is 0. The number of nitrogens with one attached hydrogen (secondary N) is 1. The standard InChI is InChI=1S/C20H27F3N2O6/c1-11(2)17(13(4)30-10-6-8-20(21,22)23)31-19(28)12(3)25-18(27)15-16(26)14(29-5)7-9-24-15/h6-9,11-13,17,26H,10H2,1-5H3,(H,25,27)/b8-6+/t12-,13-,17+/m0/s1. The summed E-state index contributed by atoms with van der Waals surface area (Å²) in [6.45, 7) is 6.15. The normalized spacial score (nSPS) is 14.9. The predicted molar refractivity (Wildman–Crippen MR) is 105 cm³/mol. The Bertz CT molecular complexity index is 783. The second-order valence-electron chi connectivity index (χ2n) is 7.03. The van der Waals surface area contributed by atoms with E-state index in [1.165, 1.54) is 26.3 Å². The van der Waals surface area contributed by atoms with Crippen molar-refractivity contribution < 1.29 is 42.1 Å². The second-order valence-corrected chi connectivity index (χ2v) is 7.03. The fourth-order valence-electron chi connectivity index (χ4n) is 2.59. The van der Waals surface area contributed by atoms with Crippen molar-refractivity contribution in [1.29, 1.82) is 0 Å². The highest BCUT2D eigenvalue weighted by Crippen LogP contribution is 2.27. The Morgan fingerprint density at radius 2 is 1.90 bits per heavy atom. The number of aromatic nitrogens is 1. The summed E-state index contributed by atoms with van der Waals surface area (Å²) in [6.07, 6.45) is -3.75. The number of carbonyl (C=O) groups is 2.